The molecule has 35 heavy (non-hydrogen) atoms. The smallest absolute Gasteiger partial charge is 0.317 e. The van der Waals surface area contributed by atoms with E-state index in [0.29, 0.717) is 24.1 Å². The van der Waals surface area contributed by atoms with Crippen molar-refractivity contribution in [2.75, 3.05) is 44.2 Å². The largest absolute Gasteiger partial charge is 0.369 e. The van der Waals surface area contributed by atoms with Crippen molar-refractivity contribution in [3.63, 3.8) is 0 Å². The minimum Gasteiger partial charge on any atom is -0.369 e. The third-order valence-corrected chi connectivity index (χ3v) is 6.62. The normalized spacial score (nSPS) is 14.3. The van der Waals surface area contributed by atoms with Crippen molar-refractivity contribution in [1.82, 2.24) is 19.4 Å². The Morgan fingerprint density at radius 3 is 2.37 bits per heavy atom. The van der Waals surface area contributed by atoms with Crippen LogP contribution in [0.5, 0.6) is 0 Å². The van der Waals surface area contributed by atoms with Crippen LogP contribution in [0.2, 0.25) is 5.02 Å². The highest BCUT2D eigenvalue weighted by atomic mass is 35.5. The van der Waals surface area contributed by atoms with Gasteiger partial charge in [0.15, 0.2) is 0 Å². The topological polar surface area (TPSA) is 79.6 Å². The van der Waals surface area contributed by atoms with Gasteiger partial charge in [-0.2, -0.15) is 0 Å². The number of anilines is 1. The summed E-state index contributed by atoms with van der Waals surface area (Å²) in [5.74, 6) is -0.300. The maximum absolute atomic E-state index is 12.7. The van der Waals surface area contributed by atoms with Gasteiger partial charge in [0.05, 0.1) is 11.0 Å². The molecule has 0 aliphatic carbocycles. The van der Waals surface area contributed by atoms with Crippen molar-refractivity contribution in [2.24, 2.45) is 0 Å². The number of nitrogens with one attached hydrogen (secondary N) is 1. The van der Waals surface area contributed by atoms with Gasteiger partial charge in [0, 0.05) is 56.5 Å². The summed E-state index contributed by atoms with van der Waals surface area (Å²) in [7, 11) is 0. The standard InChI is InChI=1S/C26H30ClN5O3/c1-3-11-31-21-6-4-5-7-22(21)32(26(35)25(31)34)18-24(33)28-10-12-29-13-15-30(16-14-29)23-17-20(27)9-8-19(23)2/h3-9,17H,1,10-16,18H2,2H3,(H,28,33). The number of nitrogens with zero attached hydrogens (tertiary/aromatic N) is 4. The minimum absolute atomic E-state index is 0.203. The second kappa shape index (κ2) is 10.9. The third-order valence-electron chi connectivity index (χ3n) is 6.38. The van der Waals surface area contributed by atoms with Crippen LogP contribution in [0, 0.1) is 6.92 Å². The highest BCUT2D eigenvalue weighted by molar-refractivity contribution is 6.30. The summed E-state index contributed by atoms with van der Waals surface area (Å²) in [6, 6.07) is 13.0. The number of aromatic nitrogens is 2. The molecule has 3 aromatic rings. The van der Waals surface area contributed by atoms with Crippen molar-refractivity contribution in [2.45, 2.75) is 20.0 Å². The van der Waals surface area contributed by atoms with Gasteiger partial charge in [0.1, 0.15) is 6.54 Å². The van der Waals surface area contributed by atoms with Crippen molar-refractivity contribution in [1.29, 1.82) is 0 Å². The number of hydrogen-bond donors (Lipinski definition) is 1. The van der Waals surface area contributed by atoms with Crippen LogP contribution in [0.1, 0.15) is 5.56 Å². The lowest BCUT2D eigenvalue weighted by Crippen LogP contribution is -2.49. The molecule has 2 aromatic carbocycles. The van der Waals surface area contributed by atoms with E-state index in [2.05, 4.69) is 28.6 Å². The fraction of sp³-hybridized carbons (Fsp3) is 0.346. The first-order valence-corrected chi connectivity index (χ1v) is 12.1. The Labute approximate surface area is 209 Å². The average molecular weight is 496 g/mol. The summed E-state index contributed by atoms with van der Waals surface area (Å²) in [4.78, 5) is 42.6. The molecule has 0 spiro atoms. The first kappa shape index (κ1) is 24.8. The highest BCUT2D eigenvalue weighted by Crippen LogP contribution is 2.25. The van der Waals surface area contributed by atoms with Crippen LogP contribution in [0.15, 0.2) is 64.7 Å². The Morgan fingerprint density at radius 2 is 1.69 bits per heavy atom. The molecule has 9 heteroatoms. The van der Waals surface area contributed by atoms with Gasteiger partial charge in [-0.3, -0.25) is 28.4 Å². The van der Waals surface area contributed by atoms with Crippen molar-refractivity contribution in [3.05, 3.63) is 86.4 Å². The molecule has 1 saturated heterocycles. The lowest BCUT2D eigenvalue weighted by atomic mass is 10.1. The number of hydrogen-bond acceptors (Lipinski definition) is 5. The Bertz CT molecular complexity index is 1360. The van der Waals surface area contributed by atoms with E-state index in [9.17, 15) is 14.4 Å². The molecule has 2 heterocycles. The number of carbonyl (C=O) groups excluding carboxylic acids is 1. The molecular formula is C26H30ClN5O3. The van der Waals surface area contributed by atoms with E-state index in [1.807, 2.05) is 18.2 Å². The van der Waals surface area contributed by atoms with Crippen LogP contribution in [0.3, 0.4) is 0 Å². The molecule has 1 N–H and O–H groups in total. The van der Waals surface area contributed by atoms with Gasteiger partial charge in [0.2, 0.25) is 5.91 Å². The molecule has 4 rings (SSSR count). The van der Waals surface area contributed by atoms with E-state index in [4.69, 9.17) is 11.6 Å². The summed E-state index contributed by atoms with van der Waals surface area (Å²) in [6.45, 7) is 10.5. The van der Waals surface area contributed by atoms with Gasteiger partial charge >= 0.3 is 11.1 Å². The quantitative estimate of drug-likeness (QED) is 0.383. The van der Waals surface area contributed by atoms with Crippen molar-refractivity contribution >= 4 is 34.2 Å². The van der Waals surface area contributed by atoms with Crippen LogP contribution in [0.4, 0.5) is 5.69 Å². The Kier molecular flexibility index (Phi) is 7.73. The number of amides is 1. The average Bonchev–Trinajstić information content (AvgIpc) is 2.86. The predicted molar refractivity (Wildman–Crippen MR) is 141 cm³/mol. The van der Waals surface area contributed by atoms with Gasteiger partial charge < -0.3 is 10.2 Å². The number of para-hydroxylation sites is 2. The molecule has 184 valence electrons. The summed E-state index contributed by atoms with van der Waals surface area (Å²) >= 11 is 6.17. The van der Waals surface area contributed by atoms with E-state index < -0.39 is 11.1 Å². The zero-order valence-corrected chi connectivity index (χ0v) is 20.6. The molecule has 8 nitrogen and oxygen atoms in total. The summed E-state index contributed by atoms with van der Waals surface area (Å²) < 4.78 is 2.63. The summed E-state index contributed by atoms with van der Waals surface area (Å²) in [6.07, 6.45) is 1.57. The zero-order valence-electron chi connectivity index (χ0n) is 19.9. The number of halogens is 1. The molecule has 0 radical (unpaired) electrons. The molecule has 0 bridgehead atoms. The molecule has 1 fully saturated rings. The minimum atomic E-state index is -0.715. The maximum atomic E-state index is 12.7. The van der Waals surface area contributed by atoms with Crippen molar-refractivity contribution in [3.8, 4) is 0 Å². The number of aryl methyl sites for hydroxylation is 1. The maximum Gasteiger partial charge on any atom is 0.317 e. The van der Waals surface area contributed by atoms with E-state index in [1.54, 1.807) is 30.3 Å². The third kappa shape index (κ3) is 5.49. The number of benzene rings is 2. The van der Waals surface area contributed by atoms with Gasteiger partial charge in [-0.25, -0.2) is 0 Å². The van der Waals surface area contributed by atoms with E-state index in [0.717, 1.165) is 36.9 Å². The highest BCUT2D eigenvalue weighted by Gasteiger charge is 2.19. The van der Waals surface area contributed by atoms with Gasteiger partial charge in [-0.1, -0.05) is 35.9 Å². The molecule has 1 amide bonds. The molecule has 1 aromatic heterocycles. The van der Waals surface area contributed by atoms with E-state index in [1.165, 1.54) is 14.7 Å². The summed E-state index contributed by atoms with van der Waals surface area (Å²) in [5, 5.41) is 3.63. The Morgan fingerprint density at radius 1 is 1.03 bits per heavy atom. The number of fused-ring (bicyclic) bond motifs is 1. The van der Waals surface area contributed by atoms with Crippen LogP contribution >= 0.6 is 11.6 Å². The van der Waals surface area contributed by atoms with E-state index in [-0.39, 0.29) is 19.0 Å². The lowest BCUT2D eigenvalue weighted by Gasteiger charge is -2.36. The first-order valence-electron chi connectivity index (χ1n) is 11.7. The molecular weight excluding hydrogens is 466 g/mol. The number of carbonyl (C=O) groups is 1. The number of piperazine rings is 1. The molecule has 1 aliphatic rings. The lowest BCUT2D eigenvalue weighted by molar-refractivity contribution is -0.121. The van der Waals surface area contributed by atoms with Crippen LogP contribution < -0.4 is 21.3 Å². The fourth-order valence-corrected chi connectivity index (χ4v) is 4.69. The van der Waals surface area contributed by atoms with Gasteiger partial charge in [0.25, 0.3) is 0 Å². The van der Waals surface area contributed by atoms with Crippen LogP contribution in [-0.2, 0) is 17.9 Å². The van der Waals surface area contributed by atoms with Crippen molar-refractivity contribution < 1.29 is 4.79 Å². The van der Waals surface area contributed by atoms with Gasteiger partial charge in [-0.15, -0.1) is 6.58 Å². The first-order chi connectivity index (χ1) is 16.9. The van der Waals surface area contributed by atoms with Crippen LogP contribution in [-0.4, -0.2) is 59.2 Å². The fourth-order valence-electron chi connectivity index (χ4n) is 4.53. The van der Waals surface area contributed by atoms with Crippen LogP contribution in [0.25, 0.3) is 11.0 Å². The SMILES string of the molecule is C=CCn1c(=O)c(=O)n(CC(=O)NCCN2CCN(c3cc(Cl)ccc3C)CC2)c2ccccc21. The molecule has 1 aliphatic heterocycles. The molecule has 0 unspecified atom stereocenters. The van der Waals surface area contributed by atoms with E-state index >= 15 is 0 Å². The number of allylic oxidation sites excluding steroid dienone is 1. The number of rotatable bonds is 8. The van der Waals surface area contributed by atoms with Gasteiger partial charge in [-0.05, 0) is 36.8 Å². The Hall–Kier alpha value is -3.36. The molecule has 0 saturated carbocycles. The molecule has 0 atom stereocenters. The Balaban J connectivity index is 1.34. The predicted octanol–water partition coefficient (Wildman–Crippen LogP) is 2.25. The zero-order chi connectivity index (χ0) is 24.9. The second-order valence-electron chi connectivity index (χ2n) is 8.69. The summed E-state index contributed by atoms with van der Waals surface area (Å²) in [5.41, 5.74) is 2.13. The second-order valence-corrected chi connectivity index (χ2v) is 9.13. The monoisotopic (exact) mass is 495 g/mol.